The van der Waals surface area contributed by atoms with Crippen LogP contribution in [0.5, 0.6) is 0 Å². The Hall–Kier alpha value is -1.32. The number of aromatic nitrogens is 1. The van der Waals surface area contributed by atoms with Crippen molar-refractivity contribution in [1.82, 2.24) is 10.1 Å². The quantitative estimate of drug-likeness (QED) is 0.781. The fourth-order valence-electron chi connectivity index (χ4n) is 1.75. The van der Waals surface area contributed by atoms with Crippen LogP contribution < -0.4 is 0 Å². The number of rotatable bonds is 2. The first-order valence-electron chi connectivity index (χ1n) is 5.00. The first-order valence-corrected chi connectivity index (χ1v) is 5.00. The maximum Gasteiger partial charge on any atom is 0.133 e. The van der Waals surface area contributed by atoms with E-state index in [4.69, 9.17) is 9.93 Å². The second-order valence-electron chi connectivity index (χ2n) is 3.75. The number of aryl methyl sites for hydroxylation is 1. The maximum atomic E-state index is 7.77. The highest BCUT2D eigenvalue weighted by molar-refractivity contribution is 5.79. The molecule has 0 spiro atoms. The maximum absolute atomic E-state index is 7.77. The van der Waals surface area contributed by atoms with Crippen molar-refractivity contribution in [3.05, 3.63) is 17.5 Å². The van der Waals surface area contributed by atoms with E-state index in [1.54, 1.807) is 0 Å². The van der Waals surface area contributed by atoms with E-state index >= 15 is 0 Å². The average molecular weight is 193 g/mol. The Morgan fingerprint density at radius 3 is 3.07 bits per heavy atom. The SMILES string of the molecule is Cc1cc(CN2CCCCC2=N)no1. The van der Waals surface area contributed by atoms with Crippen LogP contribution in [0.15, 0.2) is 10.6 Å². The van der Waals surface area contributed by atoms with Crippen molar-refractivity contribution in [2.24, 2.45) is 0 Å². The van der Waals surface area contributed by atoms with Crippen LogP contribution in [0.1, 0.15) is 30.7 Å². The molecule has 0 atom stereocenters. The minimum absolute atomic E-state index is 0.718. The van der Waals surface area contributed by atoms with Gasteiger partial charge in [-0.1, -0.05) is 5.16 Å². The van der Waals surface area contributed by atoms with E-state index in [1.807, 2.05) is 13.0 Å². The molecule has 76 valence electrons. The lowest BCUT2D eigenvalue weighted by atomic mass is 10.1. The Morgan fingerprint density at radius 1 is 1.57 bits per heavy atom. The van der Waals surface area contributed by atoms with Crippen LogP contribution in [0, 0.1) is 12.3 Å². The van der Waals surface area contributed by atoms with Gasteiger partial charge in [0.2, 0.25) is 0 Å². The van der Waals surface area contributed by atoms with E-state index < -0.39 is 0 Å². The van der Waals surface area contributed by atoms with Gasteiger partial charge >= 0.3 is 0 Å². The van der Waals surface area contributed by atoms with Gasteiger partial charge in [0, 0.05) is 19.0 Å². The fourth-order valence-corrected chi connectivity index (χ4v) is 1.75. The standard InChI is InChI=1S/C10H15N3O/c1-8-6-9(12-14-8)7-13-5-3-2-4-10(13)11/h6,11H,2-5,7H2,1H3. The smallest absolute Gasteiger partial charge is 0.133 e. The number of piperidine rings is 1. The summed E-state index contributed by atoms with van der Waals surface area (Å²) >= 11 is 0. The Bertz CT molecular complexity index is 332. The van der Waals surface area contributed by atoms with Crippen molar-refractivity contribution in [3.8, 4) is 0 Å². The average Bonchev–Trinajstić information content (AvgIpc) is 2.56. The van der Waals surface area contributed by atoms with Crippen LogP contribution in [0.2, 0.25) is 0 Å². The number of amidine groups is 1. The molecule has 2 heterocycles. The summed E-state index contributed by atoms with van der Waals surface area (Å²) in [5, 5.41) is 11.7. The first-order chi connectivity index (χ1) is 6.75. The molecule has 0 aliphatic carbocycles. The molecule has 0 saturated carbocycles. The Morgan fingerprint density at radius 2 is 2.43 bits per heavy atom. The van der Waals surface area contributed by atoms with Gasteiger partial charge in [-0.15, -0.1) is 0 Å². The van der Waals surface area contributed by atoms with Crippen LogP contribution in [-0.2, 0) is 6.54 Å². The Balaban J connectivity index is 1.99. The van der Waals surface area contributed by atoms with Gasteiger partial charge in [0.05, 0.1) is 12.4 Å². The Labute approximate surface area is 83.4 Å². The minimum atomic E-state index is 0.718. The summed E-state index contributed by atoms with van der Waals surface area (Å²) < 4.78 is 4.99. The van der Waals surface area contributed by atoms with Gasteiger partial charge < -0.3 is 9.42 Å². The van der Waals surface area contributed by atoms with Crippen LogP contribution in [0.3, 0.4) is 0 Å². The highest BCUT2D eigenvalue weighted by Gasteiger charge is 2.16. The molecule has 1 N–H and O–H groups in total. The summed E-state index contributed by atoms with van der Waals surface area (Å²) in [5.41, 5.74) is 0.925. The molecule has 0 aromatic carbocycles. The third-order valence-corrected chi connectivity index (χ3v) is 2.50. The zero-order valence-electron chi connectivity index (χ0n) is 8.42. The lowest BCUT2D eigenvalue weighted by Crippen LogP contribution is -2.34. The number of hydrogen-bond donors (Lipinski definition) is 1. The van der Waals surface area contributed by atoms with Crippen LogP contribution in [0.25, 0.3) is 0 Å². The normalized spacial score (nSPS) is 17.5. The highest BCUT2D eigenvalue weighted by atomic mass is 16.5. The van der Waals surface area contributed by atoms with Crippen molar-refractivity contribution in [2.45, 2.75) is 32.7 Å². The topological polar surface area (TPSA) is 53.1 Å². The molecule has 1 aromatic heterocycles. The number of likely N-dealkylation sites (tertiary alicyclic amines) is 1. The van der Waals surface area contributed by atoms with Gasteiger partial charge in [0.25, 0.3) is 0 Å². The molecule has 1 saturated heterocycles. The summed E-state index contributed by atoms with van der Waals surface area (Å²) in [6, 6.07) is 1.93. The monoisotopic (exact) mass is 193 g/mol. The molecule has 14 heavy (non-hydrogen) atoms. The molecule has 0 amide bonds. The zero-order valence-corrected chi connectivity index (χ0v) is 8.42. The molecular formula is C10H15N3O. The summed E-state index contributed by atoms with van der Waals surface area (Å²) in [4.78, 5) is 2.07. The molecule has 1 aliphatic heterocycles. The second kappa shape index (κ2) is 3.82. The lowest BCUT2D eigenvalue weighted by molar-refractivity contribution is 0.337. The molecule has 1 aromatic rings. The molecule has 2 rings (SSSR count). The molecule has 1 fully saturated rings. The van der Waals surface area contributed by atoms with Crippen molar-refractivity contribution in [1.29, 1.82) is 5.41 Å². The van der Waals surface area contributed by atoms with Gasteiger partial charge in [-0.05, 0) is 19.8 Å². The first kappa shape index (κ1) is 9.24. The van der Waals surface area contributed by atoms with Crippen LogP contribution in [0.4, 0.5) is 0 Å². The van der Waals surface area contributed by atoms with E-state index in [2.05, 4.69) is 10.1 Å². The van der Waals surface area contributed by atoms with Crippen molar-refractivity contribution in [3.63, 3.8) is 0 Å². The van der Waals surface area contributed by atoms with E-state index in [1.165, 1.54) is 6.42 Å². The van der Waals surface area contributed by atoms with E-state index in [9.17, 15) is 0 Å². The number of nitrogens with one attached hydrogen (secondary N) is 1. The zero-order chi connectivity index (χ0) is 9.97. The summed E-state index contributed by atoms with van der Waals surface area (Å²) in [6.07, 6.45) is 3.23. The van der Waals surface area contributed by atoms with Gasteiger partial charge in [-0.25, -0.2) is 0 Å². The third kappa shape index (κ3) is 1.95. The van der Waals surface area contributed by atoms with Crippen molar-refractivity contribution in [2.75, 3.05) is 6.54 Å². The van der Waals surface area contributed by atoms with Crippen molar-refractivity contribution >= 4 is 5.84 Å². The van der Waals surface area contributed by atoms with Crippen molar-refractivity contribution < 1.29 is 4.52 Å². The van der Waals surface area contributed by atoms with Gasteiger partial charge in [-0.2, -0.15) is 0 Å². The summed E-state index contributed by atoms with van der Waals surface area (Å²) in [5.74, 6) is 1.57. The molecule has 4 heteroatoms. The molecular weight excluding hydrogens is 178 g/mol. The van der Waals surface area contributed by atoms with E-state index in [0.29, 0.717) is 0 Å². The fraction of sp³-hybridized carbons (Fsp3) is 0.600. The molecule has 0 bridgehead atoms. The van der Waals surface area contributed by atoms with Gasteiger partial charge in [0.15, 0.2) is 0 Å². The highest BCUT2D eigenvalue weighted by Crippen LogP contribution is 2.14. The van der Waals surface area contributed by atoms with Crippen LogP contribution >= 0.6 is 0 Å². The minimum Gasteiger partial charge on any atom is -0.361 e. The summed E-state index contributed by atoms with van der Waals surface area (Å²) in [7, 11) is 0. The third-order valence-electron chi connectivity index (χ3n) is 2.50. The second-order valence-corrected chi connectivity index (χ2v) is 3.75. The number of nitrogens with zero attached hydrogens (tertiary/aromatic N) is 2. The van der Waals surface area contributed by atoms with Gasteiger partial charge in [0.1, 0.15) is 11.5 Å². The lowest BCUT2D eigenvalue weighted by Gasteiger charge is -2.28. The number of hydrogen-bond acceptors (Lipinski definition) is 3. The predicted molar refractivity (Wildman–Crippen MR) is 53.2 cm³/mol. The van der Waals surface area contributed by atoms with Crippen LogP contribution in [-0.4, -0.2) is 22.4 Å². The summed E-state index contributed by atoms with van der Waals surface area (Å²) in [6.45, 7) is 3.58. The van der Waals surface area contributed by atoms with E-state index in [0.717, 1.165) is 43.2 Å². The van der Waals surface area contributed by atoms with Gasteiger partial charge in [-0.3, -0.25) is 5.41 Å². The van der Waals surface area contributed by atoms with E-state index in [-0.39, 0.29) is 0 Å². The largest absolute Gasteiger partial charge is 0.361 e. The molecule has 0 radical (unpaired) electrons. The molecule has 0 unspecified atom stereocenters. The predicted octanol–water partition coefficient (Wildman–Crippen LogP) is 1.95. The molecule has 4 nitrogen and oxygen atoms in total. The Kier molecular flexibility index (Phi) is 2.52. The molecule has 1 aliphatic rings.